The second kappa shape index (κ2) is 11.2. The van der Waals surface area contributed by atoms with E-state index in [0.717, 1.165) is 41.3 Å². The second-order valence-electron chi connectivity index (χ2n) is 7.67. The lowest BCUT2D eigenvalue weighted by atomic mass is 10.1. The van der Waals surface area contributed by atoms with Crippen LogP contribution >= 0.6 is 11.8 Å². The minimum absolute atomic E-state index is 0.0780. The van der Waals surface area contributed by atoms with Crippen LogP contribution in [0.3, 0.4) is 0 Å². The molecule has 2 amide bonds. The number of hydrogen-bond donors (Lipinski definition) is 1. The van der Waals surface area contributed by atoms with Gasteiger partial charge in [-0.15, -0.1) is 11.8 Å². The van der Waals surface area contributed by atoms with Gasteiger partial charge in [-0.25, -0.2) is 0 Å². The average Bonchev–Trinajstić information content (AvgIpc) is 3.27. The molecule has 2 aromatic rings. The van der Waals surface area contributed by atoms with E-state index in [2.05, 4.69) is 5.32 Å². The van der Waals surface area contributed by atoms with Crippen LogP contribution in [0.2, 0.25) is 0 Å². The molecule has 1 saturated heterocycles. The van der Waals surface area contributed by atoms with Crippen molar-refractivity contribution in [1.82, 2.24) is 4.90 Å². The lowest BCUT2D eigenvalue weighted by molar-refractivity contribution is -0.132. The number of hydrogen-bond acceptors (Lipinski definition) is 5. The van der Waals surface area contributed by atoms with E-state index in [9.17, 15) is 9.59 Å². The van der Waals surface area contributed by atoms with E-state index >= 15 is 0 Å². The Morgan fingerprint density at radius 2 is 2.03 bits per heavy atom. The molecule has 0 spiro atoms. The lowest BCUT2D eigenvalue weighted by Gasteiger charge is -2.28. The van der Waals surface area contributed by atoms with Gasteiger partial charge in [0.15, 0.2) is 0 Å². The smallest absolute Gasteiger partial charge is 0.236 e. The van der Waals surface area contributed by atoms with Crippen LogP contribution in [0.25, 0.3) is 0 Å². The van der Waals surface area contributed by atoms with E-state index in [-0.39, 0.29) is 23.2 Å². The normalized spacial score (nSPS) is 16.5. The molecule has 2 atom stereocenters. The fourth-order valence-corrected chi connectivity index (χ4v) is 4.54. The summed E-state index contributed by atoms with van der Waals surface area (Å²) in [6.07, 6.45) is 2.11. The molecule has 0 radical (unpaired) electrons. The van der Waals surface area contributed by atoms with Gasteiger partial charge < -0.3 is 19.7 Å². The predicted molar refractivity (Wildman–Crippen MR) is 123 cm³/mol. The highest BCUT2D eigenvalue weighted by Crippen LogP contribution is 2.27. The maximum absolute atomic E-state index is 13.4. The summed E-state index contributed by atoms with van der Waals surface area (Å²) in [6.45, 7) is 5.28. The van der Waals surface area contributed by atoms with Crippen molar-refractivity contribution in [2.24, 2.45) is 0 Å². The first-order valence-corrected chi connectivity index (χ1v) is 11.4. The van der Waals surface area contributed by atoms with Crippen LogP contribution in [0.5, 0.6) is 5.75 Å². The van der Waals surface area contributed by atoms with Crippen LogP contribution in [0.15, 0.2) is 53.4 Å². The minimum atomic E-state index is -0.251. The number of anilines is 1. The molecule has 1 fully saturated rings. The average molecular weight is 443 g/mol. The Kier molecular flexibility index (Phi) is 8.37. The number of carbonyl (C=O) groups excluding carboxylic acids is 2. The molecular weight excluding hydrogens is 412 g/mol. The highest BCUT2D eigenvalue weighted by Gasteiger charge is 2.26. The zero-order valence-corrected chi connectivity index (χ0v) is 19.1. The summed E-state index contributed by atoms with van der Waals surface area (Å²) in [5.74, 6) is 0.754. The fraction of sp³-hybridized carbons (Fsp3) is 0.417. The molecule has 31 heavy (non-hydrogen) atoms. The predicted octanol–water partition coefficient (Wildman–Crippen LogP) is 4.34. The summed E-state index contributed by atoms with van der Waals surface area (Å²) in [7, 11) is 1.64. The molecular formula is C24H30N2O4S. The lowest BCUT2D eigenvalue weighted by Crippen LogP contribution is -2.40. The largest absolute Gasteiger partial charge is 0.497 e. The topological polar surface area (TPSA) is 67.9 Å². The Bertz CT molecular complexity index is 881. The van der Waals surface area contributed by atoms with Crippen LogP contribution < -0.4 is 10.1 Å². The Balaban J connectivity index is 1.69. The van der Waals surface area contributed by atoms with E-state index in [1.54, 1.807) is 7.11 Å². The summed E-state index contributed by atoms with van der Waals surface area (Å²) >= 11 is 1.51. The van der Waals surface area contributed by atoms with Crippen molar-refractivity contribution in [3.05, 3.63) is 54.1 Å². The zero-order valence-electron chi connectivity index (χ0n) is 18.3. The first kappa shape index (κ1) is 23.2. The van der Waals surface area contributed by atoms with E-state index in [1.807, 2.05) is 60.4 Å². The van der Waals surface area contributed by atoms with E-state index in [0.29, 0.717) is 13.1 Å². The number of carbonyl (C=O) groups is 2. The van der Waals surface area contributed by atoms with Gasteiger partial charge in [0.05, 0.1) is 18.5 Å². The molecule has 1 heterocycles. The number of benzene rings is 2. The zero-order chi connectivity index (χ0) is 22.2. The number of nitrogens with zero attached hydrogens (tertiary/aromatic N) is 1. The summed E-state index contributed by atoms with van der Waals surface area (Å²) in [5.41, 5.74) is 1.77. The van der Waals surface area contributed by atoms with Crippen molar-refractivity contribution >= 4 is 29.3 Å². The molecule has 166 valence electrons. The van der Waals surface area contributed by atoms with E-state index in [4.69, 9.17) is 9.47 Å². The maximum Gasteiger partial charge on any atom is 0.236 e. The maximum atomic E-state index is 13.4. The highest BCUT2D eigenvalue weighted by molar-refractivity contribution is 8.00. The van der Waals surface area contributed by atoms with E-state index < -0.39 is 0 Å². The monoisotopic (exact) mass is 442 g/mol. The van der Waals surface area contributed by atoms with Crippen molar-refractivity contribution in [2.45, 2.75) is 49.5 Å². The number of rotatable bonds is 9. The van der Waals surface area contributed by atoms with Gasteiger partial charge in [-0.05, 0) is 61.7 Å². The standard InChI is InChI=1S/C24H30N2O4S/c1-17(31-23-11-9-20(10-12-23)25-18(2)27)24(28)26(16-22-8-5-13-30-22)15-19-6-4-7-21(14-19)29-3/h4,6-7,9-12,14,17,22H,5,8,13,15-16H2,1-3H3,(H,25,27). The van der Waals surface area contributed by atoms with Crippen LogP contribution in [-0.4, -0.2) is 48.3 Å². The third kappa shape index (κ3) is 7.01. The minimum Gasteiger partial charge on any atom is -0.497 e. The Morgan fingerprint density at radius 3 is 2.68 bits per heavy atom. The van der Waals surface area contributed by atoms with Crippen molar-refractivity contribution in [2.75, 3.05) is 25.6 Å². The molecule has 2 unspecified atom stereocenters. The van der Waals surface area contributed by atoms with Gasteiger partial charge in [-0.1, -0.05) is 12.1 Å². The molecule has 0 aromatic heterocycles. The molecule has 3 rings (SSSR count). The molecule has 1 aliphatic heterocycles. The van der Waals surface area contributed by atoms with Crippen LogP contribution in [0, 0.1) is 0 Å². The van der Waals surface area contributed by atoms with E-state index in [1.165, 1.54) is 18.7 Å². The van der Waals surface area contributed by atoms with Crippen LogP contribution in [0.4, 0.5) is 5.69 Å². The summed E-state index contributed by atoms with van der Waals surface area (Å²) in [6, 6.07) is 15.4. The van der Waals surface area contributed by atoms with Crippen molar-refractivity contribution < 1.29 is 19.1 Å². The van der Waals surface area contributed by atoms with Gasteiger partial charge in [0.2, 0.25) is 11.8 Å². The molecule has 0 bridgehead atoms. The van der Waals surface area contributed by atoms with Gasteiger partial charge in [0.1, 0.15) is 5.75 Å². The number of thioether (sulfide) groups is 1. The first-order chi connectivity index (χ1) is 14.9. The third-order valence-corrected chi connectivity index (χ3v) is 6.20. The molecule has 6 nitrogen and oxygen atoms in total. The van der Waals surface area contributed by atoms with Gasteiger partial charge in [0, 0.05) is 37.2 Å². The Labute approximate surface area is 188 Å². The van der Waals surface area contributed by atoms with Gasteiger partial charge in [-0.3, -0.25) is 9.59 Å². The SMILES string of the molecule is COc1cccc(CN(CC2CCCO2)C(=O)C(C)Sc2ccc(NC(C)=O)cc2)c1. The Morgan fingerprint density at radius 1 is 1.26 bits per heavy atom. The summed E-state index contributed by atoms with van der Waals surface area (Å²) in [5, 5.41) is 2.50. The number of methoxy groups -OCH3 is 1. The molecule has 0 aliphatic carbocycles. The molecule has 1 N–H and O–H groups in total. The molecule has 1 aliphatic rings. The number of nitrogens with one attached hydrogen (secondary N) is 1. The number of ether oxygens (including phenoxy) is 2. The fourth-order valence-electron chi connectivity index (χ4n) is 3.59. The number of amides is 2. The van der Waals surface area contributed by atoms with Crippen LogP contribution in [0.1, 0.15) is 32.3 Å². The Hall–Kier alpha value is -2.51. The van der Waals surface area contributed by atoms with Gasteiger partial charge in [0.25, 0.3) is 0 Å². The quantitative estimate of drug-likeness (QED) is 0.585. The summed E-state index contributed by atoms with van der Waals surface area (Å²) < 4.78 is 11.1. The third-order valence-electron chi connectivity index (χ3n) is 5.10. The molecule has 0 saturated carbocycles. The second-order valence-corrected chi connectivity index (χ2v) is 9.09. The van der Waals surface area contributed by atoms with Crippen molar-refractivity contribution in [1.29, 1.82) is 0 Å². The van der Waals surface area contributed by atoms with Crippen molar-refractivity contribution in [3.8, 4) is 5.75 Å². The van der Waals surface area contributed by atoms with Gasteiger partial charge >= 0.3 is 0 Å². The summed E-state index contributed by atoms with van der Waals surface area (Å²) in [4.78, 5) is 27.4. The van der Waals surface area contributed by atoms with Crippen LogP contribution in [-0.2, 0) is 20.9 Å². The molecule has 7 heteroatoms. The molecule has 2 aromatic carbocycles. The first-order valence-electron chi connectivity index (χ1n) is 10.5. The van der Waals surface area contributed by atoms with Crippen molar-refractivity contribution in [3.63, 3.8) is 0 Å². The van der Waals surface area contributed by atoms with Gasteiger partial charge in [-0.2, -0.15) is 0 Å². The highest BCUT2D eigenvalue weighted by atomic mass is 32.2.